The Morgan fingerprint density at radius 3 is 1.54 bits per heavy atom. The molecule has 7 aromatic carbocycles. The van der Waals surface area contributed by atoms with Crippen molar-refractivity contribution in [3.63, 3.8) is 0 Å². The molecule has 3 heterocycles. The molecule has 0 atom stereocenters. The Balaban J connectivity index is 1.26. The van der Waals surface area contributed by atoms with E-state index in [0.717, 1.165) is 71.9 Å². The summed E-state index contributed by atoms with van der Waals surface area (Å²) in [6.45, 7) is 0. The van der Waals surface area contributed by atoms with E-state index in [1.165, 1.54) is 5.39 Å². The van der Waals surface area contributed by atoms with E-state index in [0.29, 0.717) is 17.5 Å². The molecule has 0 saturated heterocycles. The first-order chi connectivity index (χ1) is 24.8. The molecular weight excluding hydrogens is 613 g/mol. The van der Waals surface area contributed by atoms with Gasteiger partial charge in [-0.25, -0.2) is 15.0 Å². The third-order valence-electron chi connectivity index (χ3n) is 9.44. The van der Waals surface area contributed by atoms with E-state index in [2.05, 4.69) is 108 Å². The molecule has 0 aliphatic rings. The molecule has 0 spiro atoms. The number of fused-ring (bicyclic) bond motifs is 6. The summed E-state index contributed by atoms with van der Waals surface area (Å²) in [5.41, 5.74) is 9.86. The van der Waals surface area contributed by atoms with Crippen LogP contribution in [-0.4, -0.2) is 19.5 Å². The van der Waals surface area contributed by atoms with E-state index in [9.17, 15) is 0 Å². The quantitative estimate of drug-likeness (QED) is 0.188. The summed E-state index contributed by atoms with van der Waals surface area (Å²) in [4.78, 5) is 15.1. The van der Waals surface area contributed by atoms with Crippen molar-refractivity contribution in [2.75, 3.05) is 0 Å². The molecule has 0 unspecified atom stereocenters. The Hall–Kier alpha value is -6.85. The zero-order chi connectivity index (χ0) is 33.0. The van der Waals surface area contributed by atoms with Crippen LogP contribution in [0, 0.1) is 0 Å². The molecule has 0 aliphatic heterocycles. The Morgan fingerprint density at radius 2 is 0.880 bits per heavy atom. The fourth-order valence-electron chi connectivity index (χ4n) is 7.11. The van der Waals surface area contributed by atoms with Crippen LogP contribution >= 0.6 is 0 Å². The minimum Gasteiger partial charge on any atom is -0.456 e. The molecule has 0 amide bonds. The number of nitrogens with zero attached hydrogens (tertiary/aromatic N) is 4. The second-order valence-corrected chi connectivity index (χ2v) is 12.5. The summed E-state index contributed by atoms with van der Waals surface area (Å²) in [6.07, 6.45) is 0. The lowest BCUT2D eigenvalue weighted by Crippen LogP contribution is -2.01. The number of hydrogen-bond acceptors (Lipinski definition) is 4. The second kappa shape index (κ2) is 11.4. The van der Waals surface area contributed by atoms with Gasteiger partial charge in [-0.2, -0.15) is 0 Å². The highest BCUT2D eigenvalue weighted by Crippen LogP contribution is 2.42. The maximum absolute atomic E-state index is 6.73. The highest BCUT2D eigenvalue weighted by Gasteiger charge is 2.21. The number of furan rings is 1. The van der Waals surface area contributed by atoms with Gasteiger partial charge in [0.25, 0.3) is 0 Å². The normalized spacial score (nSPS) is 11.6. The molecule has 0 radical (unpaired) electrons. The highest BCUT2D eigenvalue weighted by atomic mass is 16.3. The van der Waals surface area contributed by atoms with Gasteiger partial charge in [0.1, 0.15) is 11.2 Å². The summed E-state index contributed by atoms with van der Waals surface area (Å²) >= 11 is 0. The molecule has 0 bridgehead atoms. The summed E-state index contributed by atoms with van der Waals surface area (Å²) in [7, 11) is 0. The molecule has 234 valence electrons. The van der Waals surface area contributed by atoms with Gasteiger partial charge in [0.05, 0.1) is 11.0 Å². The highest BCUT2D eigenvalue weighted by molar-refractivity contribution is 6.18. The van der Waals surface area contributed by atoms with Crippen molar-refractivity contribution in [2.45, 2.75) is 0 Å². The third-order valence-corrected chi connectivity index (χ3v) is 9.44. The molecule has 0 aliphatic carbocycles. The topological polar surface area (TPSA) is 56.7 Å². The Labute approximate surface area is 287 Å². The predicted molar refractivity (Wildman–Crippen MR) is 203 cm³/mol. The maximum atomic E-state index is 6.73. The zero-order valence-corrected chi connectivity index (χ0v) is 26.9. The molecular formula is C45H28N4O. The molecule has 50 heavy (non-hydrogen) atoms. The fraction of sp³-hybridized carbons (Fsp3) is 0. The van der Waals surface area contributed by atoms with Crippen molar-refractivity contribution in [1.82, 2.24) is 19.5 Å². The van der Waals surface area contributed by atoms with Gasteiger partial charge < -0.3 is 8.98 Å². The van der Waals surface area contributed by atoms with Crippen molar-refractivity contribution in [3.05, 3.63) is 170 Å². The van der Waals surface area contributed by atoms with Gasteiger partial charge in [-0.3, -0.25) is 0 Å². The Kier molecular flexibility index (Phi) is 6.42. The molecule has 0 N–H and O–H groups in total. The molecule has 10 aromatic rings. The van der Waals surface area contributed by atoms with E-state index in [1.54, 1.807) is 0 Å². The van der Waals surface area contributed by atoms with Crippen molar-refractivity contribution in [3.8, 4) is 51.0 Å². The molecule has 10 rings (SSSR count). The van der Waals surface area contributed by atoms with Gasteiger partial charge in [0.15, 0.2) is 17.5 Å². The average Bonchev–Trinajstić information content (AvgIpc) is 3.71. The number of aromatic nitrogens is 4. The molecule has 0 fully saturated rings. The van der Waals surface area contributed by atoms with Crippen LogP contribution in [0.4, 0.5) is 0 Å². The van der Waals surface area contributed by atoms with Crippen LogP contribution in [0.5, 0.6) is 0 Å². The lowest BCUT2D eigenvalue weighted by molar-refractivity contribution is 0.669. The van der Waals surface area contributed by atoms with E-state index >= 15 is 0 Å². The number of rotatable bonds is 5. The van der Waals surface area contributed by atoms with E-state index in [-0.39, 0.29) is 0 Å². The monoisotopic (exact) mass is 640 g/mol. The van der Waals surface area contributed by atoms with E-state index < -0.39 is 0 Å². The number of para-hydroxylation sites is 2. The van der Waals surface area contributed by atoms with E-state index in [1.807, 2.05) is 66.7 Å². The lowest BCUT2D eigenvalue weighted by atomic mass is 9.96. The standard InChI is InChI=1S/C45H28N4O/c1-5-15-29(16-6-1)34-25-36-37-26-40-35(33-23-13-14-24-39(33)49(40)32-21-11-4-12-22-32)27-41(37)50-42(36)28-38(34)45-47-43(30-17-7-2-8-18-30)46-44(48-45)31-19-9-3-10-20-31/h1-28H. The van der Waals surface area contributed by atoms with Gasteiger partial charge in [-0.15, -0.1) is 0 Å². The van der Waals surface area contributed by atoms with Gasteiger partial charge in [-0.05, 0) is 53.6 Å². The minimum atomic E-state index is 0.589. The smallest absolute Gasteiger partial charge is 0.164 e. The Bertz CT molecular complexity index is 2780. The van der Waals surface area contributed by atoms with Crippen LogP contribution < -0.4 is 0 Å². The first kappa shape index (κ1) is 28.2. The molecule has 3 aromatic heterocycles. The summed E-state index contributed by atoms with van der Waals surface area (Å²) < 4.78 is 9.07. The van der Waals surface area contributed by atoms with Gasteiger partial charge in [0.2, 0.25) is 0 Å². The fourth-order valence-corrected chi connectivity index (χ4v) is 7.11. The average molecular weight is 641 g/mol. The van der Waals surface area contributed by atoms with Crippen molar-refractivity contribution in [2.24, 2.45) is 0 Å². The van der Waals surface area contributed by atoms with E-state index in [4.69, 9.17) is 19.4 Å². The van der Waals surface area contributed by atoms with Crippen molar-refractivity contribution in [1.29, 1.82) is 0 Å². The maximum Gasteiger partial charge on any atom is 0.164 e. The van der Waals surface area contributed by atoms with Crippen LogP contribution in [0.25, 0.3) is 94.7 Å². The predicted octanol–water partition coefficient (Wildman–Crippen LogP) is 11.5. The number of benzene rings is 7. The van der Waals surface area contributed by atoms with Crippen LogP contribution in [0.2, 0.25) is 0 Å². The number of hydrogen-bond donors (Lipinski definition) is 0. The van der Waals surface area contributed by atoms with Gasteiger partial charge in [-0.1, -0.05) is 127 Å². The third kappa shape index (κ3) is 4.60. The van der Waals surface area contributed by atoms with Crippen LogP contribution in [0.15, 0.2) is 174 Å². The molecule has 5 heteroatoms. The minimum absolute atomic E-state index is 0.589. The SMILES string of the molecule is c1ccc(-c2nc(-c3ccccc3)nc(-c3cc4oc5cc6c7ccccc7n(-c7ccccc7)c6cc5c4cc3-c3ccccc3)n2)cc1. The van der Waals surface area contributed by atoms with Crippen LogP contribution in [0.1, 0.15) is 0 Å². The van der Waals surface area contributed by atoms with Crippen LogP contribution in [0.3, 0.4) is 0 Å². The first-order valence-electron chi connectivity index (χ1n) is 16.7. The largest absolute Gasteiger partial charge is 0.456 e. The zero-order valence-electron chi connectivity index (χ0n) is 26.9. The van der Waals surface area contributed by atoms with Gasteiger partial charge >= 0.3 is 0 Å². The molecule has 0 saturated carbocycles. The summed E-state index contributed by atoms with van der Waals surface area (Å²) in [5, 5.41) is 4.43. The summed E-state index contributed by atoms with van der Waals surface area (Å²) in [5.74, 6) is 1.83. The van der Waals surface area contributed by atoms with Crippen molar-refractivity contribution >= 4 is 43.7 Å². The molecule has 5 nitrogen and oxygen atoms in total. The summed E-state index contributed by atoms with van der Waals surface area (Å²) in [6, 6.07) is 58.5. The first-order valence-corrected chi connectivity index (χ1v) is 16.7. The van der Waals surface area contributed by atoms with Gasteiger partial charge in [0, 0.05) is 43.9 Å². The Morgan fingerprint density at radius 1 is 0.360 bits per heavy atom. The van der Waals surface area contributed by atoms with Crippen molar-refractivity contribution < 1.29 is 4.42 Å². The second-order valence-electron chi connectivity index (χ2n) is 12.5. The van der Waals surface area contributed by atoms with Crippen LogP contribution in [-0.2, 0) is 0 Å². The lowest BCUT2D eigenvalue weighted by Gasteiger charge is -2.12.